The van der Waals surface area contributed by atoms with Gasteiger partial charge in [0, 0.05) is 13.5 Å². The van der Waals surface area contributed by atoms with E-state index in [2.05, 4.69) is 20.3 Å². The summed E-state index contributed by atoms with van der Waals surface area (Å²) in [5, 5.41) is 3.24. The Morgan fingerprint density at radius 1 is 1.05 bits per heavy atom. The Morgan fingerprint density at radius 2 is 1.74 bits per heavy atom. The number of alkyl halides is 1. The van der Waals surface area contributed by atoms with Gasteiger partial charge in [-0.05, 0) is 31.5 Å². The Morgan fingerprint density at radius 3 is 2.44 bits per heavy atom. The lowest BCUT2D eigenvalue weighted by Gasteiger charge is -2.36. The van der Waals surface area contributed by atoms with Gasteiger partial charge < -0.3 is 19.5 Å². The van der Waals surface area contributed by atoms with E-state index in [4.69, 9.17) is 14.2 Å². The van der Waals surface area contributed by atoms with Crippen molar-refractivity contribution < 1.29 is 28.2 Å². The molecule has 11 heteroatoms. The summed E-state index contributed by atoms with van der Waals surface area (Å²) in [5.41, 5.74) is -1.94. The first-order chi connectivity index (χ1) is 18.7. The monoisotopic (exact) mass is 533 g/mol. The molecule has 0 spiro atoms. The molecule has 1 aliphatic heterocycles. The number of benzene rings is 2. The van der Waals surface area contributed by atoms with Crippen molar-refractivity contribution in [3.63, 3.8) is 0 Å². The van der Waals surface area contributed by atoms with Gasteiger partial charge in [0.05, 0.1) is 11.9 Å². The molecule has 1 fully saturated rings. The minimum atomic E-state index is -2.27. The fourth-order valence-electron chi connectivity index (χ4n) is 4.71. The summed E-state index contributed by atoms with van der Waals surface area (Å²) in [6.07, 6.45) is 0.332. The smallest absolute Gasteiger partial charge is 0.338 e. The average Bonchev–Trinajstić information content (AvgIpc) is 3.43. The number of rotatable bonds is 8. The van der Waals surface area contributed by atoms with Gasteiger partial charge in [0.2, 0.25) is 0 Å². The minimum absolute atomic E-state index is 0.321. The molecule has 3 heterocycles. The maximum atomic E-state index is 16.7. The molecule has 0 bridgehead atoms. The van der Waals surface area contributed by atoms with E-state index < -0.39 is 35.5 Å². The van der Waals surface area contributed by atoms with E-state index in [1.165, 1.54) is 38.0 Å². The Kier molecular flexibility index (Phi) is 7.00. The summed E-state index contributed by atoms with van der Waals surface area (Å²) in [7, 11) is 0. The highest BCUT2D eigenvalue weighted by Gasteiger charge is 2.66. The molecule has 10 nitrogen and oxygen atoms in total. The quantitative estimate of drug-likeness (QED) is 0.332. The Balaban J connectivity index is 1.43. The first-order valence-electron chi connectivity index (χ1n) is 12.4. The predicted molar refractivity (Wildman–Crippen MR) is 139 cm³/mol. The van der Waals surface area contributed by atoms with Crippen molar-refractivity contribution in [1.82, 2.24) is 19.5 Å². The van der Waals surface area contributed by atoms with Crippen molar-refractivity contribution in [3.05, 3.63) is 84.4 Å². The molecule has 0 aliphatic carbocycles. The molecule has 2 aromatic heterocycles. The van der Waals surface area contributed by atoms with E-state index >= 15 is 4.39 Å². The molecule has 0 amide bonds. The molecule has 39 heavy (non-hydrogen) atoms. The maximum absolute atomic E-state index is 16.7. The van der Waals surface area contributed by atoms with Crippen molar-refractivity contribution in [1.29, 1.82) is 0 Å². The normalized spacial score (nSPS) is 24.4. The summed E-state index contributed by atoms with van der Waals surface area (Å²) >= 11 is 0. The third-order valence-electron chi connectivity index (χ3n) is 6.99. The van der Waals surface area contributed by atoms with Gasteiger partial charge in [0.1, 0.15) is 19.0 Å². The van der Waals surface area contributed by atoms with Crippen LogP contribution in [0.25, 0.3) is 11.2 Å². The third-order valence-corrected chi connectivity index (χ3v) is 6.99. The summed E-state index contributed by atoms with van der Waals surface area (Å²) in [6.45, 7) is 4.04. The molecule has 0 radical (unpaired) electrons. The van der Waals surface area contributed by atoms with Gasteiger partial charge in [-0.25, -0.2) is 24.1 Å². The van der Waals surface area contributed by atoms with Crippen LogP contribution in [0.3, 0.4) is 0 Å². The molecule has 202 valence electrons. The van der Waals surface area contributed by atoms with Crippen molar-refractivity contribution in [2.75, 3.05) is 11.9 Å². The Hall–Kier alpha value is -4.38. The predicted octanol–water partition coefficient (Wildman–Crippen LogP) is 4.24. The highest BCUT2D eigenvalue weighted by Crippen LogP contribution is 2.51. The number of esters is 2. The molecular formula is C28H28FN5O5. The molecule has 1 aliphatic rings. The van der Waals surface area contributed by atoms with Gasteiger partial charge in [-0.3, -0.25) is 9.36 Å². The highest BCUT2D eigenvalue weighted by molar-refractivity contribution is 5.89. The van der Waals surface area contributed by atoms with Crippen LogP contribution in [0.2, 0.25) is 0 Å². The second-order valence-corrected chi connectivity index (χ2v) is 9.60. The largest absolute Gasteiger partial charge is 0.459 e. The van der Waals surface area contributed by atoms with Crippen LogP contribution in [0.4, 0.5) is 10.2 Å². The summed E-state index contributed by atoms with van der Waals surface area (Å²) in [6, 6.07) is 18.2. The fourth-order valence-corrected chi connectivity index (χ4v) is 4.71. The van der Waals surface area contributed by atoms with Gasteiger partial charge in [-0.1, -0.05) is 48.5 Å². The Bertz CT molecular complexity index is 1480. The first kappa shape index (κ1) is 26.2. The van der Waals surface area contributed by atoms with Crippen LogP contribution < -0.4 is 5.32 Å². The molecule has 4 aromatic rings. The molecule has 4 atom stereocenters. The molecule has 2 aromatic carbocycles. The molecule has 1 saturated heterocycles. The van der Waals surface area contributed by atoms with Crippen molar-refractivity contribution >= 4 is 28.9 Å². The number of ether oxygens (including phenoxy) is 3. The van der Waals surface area contributed by atoms with Crippen LogP contribution in [0.5, 0.6) is 0 Å². The highest BCUT2D eigenvalue weighted by atomic mass is 19.1. The van der Waals surface area contributed by atoms with E-state index in [-0.39, 0.29) is 6.61 Å². The van der Waals surface area contributed by atoms with Crippen LogP contribution >= 0.6 is 0 Å². The molecule has 5 rings (SSSR count). The van der Waals surface area contributed by atoms with Gasteiger partial charge >= 0.3 is 11.9 Å². The lowest BCUT2D eigenvalue weighted by Crippen LogP contribution is -2.55. The van der Waals surface area contributed by atoms with Gasteiger partial charge in [-0.2, -0.15) is 0 Å². The zero-order valence-corrected chi connectivity index (χ0v) is 21.7. The fraction of sp³-hybridized carbons (Fsp3) is 0.321. The molecule has 0 unspecified atom stereocenters. The maximum Gasteiger partial charge on any atom is 0.338 e. The van der Waals surface area contributed by atoms with E-state index in [1.807, 2.05) is 30.3 Å². The number of anilines is 1. The van der Waals surface area contributed by atoms with Crippen molar-refractivity contribution in [3.8, 4) is 0 Å². The van der Waals surface area contributed by atoms with Gasteiger partial charge in [0.25, 0.3) is 0 Å². The number of hydrogen-bond acceptors (Lipinski definition) is 9. The number of nitrogens with zero attached hydrogens (tertiary/aromatic N) is 4. The summed E-state index contributed by atoms with van der Waals surface area (Å²) in [4.78, 5) is 37.6. The first-order valence-corrected chi connectivity index (χ1v) is 12.4. The average molecular weight is 534 g/mol. The summed E-state index contributed by atoms with van der Waals surface area (Å²) < 4.78 is 35.2. The lowest BCUT2D eigenvalue weighted by atomic mass is 9.84. The number of fused-ring (bicyclic) bond motifs is 1. The van der Waals surface area contributed by atoms with Crippen LogP contribution in [-0.2, 0) is 25.5 Å². The van der Waals surface area contributed by atoms with Gasteiger partial charge in [-0.15, -0.1) is 0 Å². The zero-order valence-electron chi connectivity index (χ0n) is 21.7. The standard InChI is InChI=1S/C28H28FN5O5/c1-18(35)39-28(3)21(15-37-25(36)20-12-8-5-9-13-20)38-26(27(28,2)29)34-17-33-22-23(31-16-32-24(22)34)30-14-19-10-6-4-7-11-19/h4-13,16-17,21,26H,14-15H2,1-3H3,(H,30,31,32)/t21-,26-,27+,28-/m1/s1. The van der Waals surface area contributed by atoms with Crippen LogP contribution in [0, 0.1) is 0 Å². The summed E-state index contributed by atoms with van der Waals surface area (Å²) in [5.74, 6) is -0.837. The van der Waals surface area contributed by atoms with Crippen LogP contribution in [-0.4, -0.2) is 55.4 Å². The number of halogens is 1. The molecule has 0 saturated carbocycles. The number of nitrogens with one attached hydrogen (secondary N) is 1. The van der Waals surface area contributed by atoms with E-state index in [0.717, 1.165) is 5.56 Å². The zero-order chi connectivity index (χ0) is 27.6. The lowest BCUT2D eigenvalue weighted by molar-refractivity contribution is -0.175. The van der Waals surface area contributed by atoms with Crippen LogP contribution in [0.1, 0.15) is 42.9 Å². The third kappa shape index (κ3) is 4.92. The van der Waals surface area contributed by atoms with Crippen LogP contribution in [0.15, 0.2) is 73.3 Å². The van der Waals surface area contributed by atoms with E-state index in [0.29, 0.717) is 29.1 Å². The van der Waals surface area contributed by atoms with E-state index in [9.17, 15) is 9.59 Å². The van der Waals surface area contributed by atoms with E-state index in [1.54, 1.807) is 30.3 Å². The van der Waals surface area contributed by atoms with Crippen molar-refractivity contribution in [2.24, 2.45) is 0 Å². The number of hydrogen-bond donors (Lipinski definition) is 1. The number of imidazole rings is 1. The van der Waals surface area contributed by atoms with Crippen molar-refractivity contribution in [2.45, 2.75) is 50.9 Å². The SMILES string of the molecule is CC(=O)O[C@]1(C)[C@@H](COC(=O)c2ccccc2)O[C@@H](n2cnc3c(NCc4ccccc4)ncnc32)[C@]1(C)F. The minimum Gasteiger partial charge on any atom is -0.459 e. The second-order valence-electron chi connectivity index (χ2n) is 9.60. The molecule has 1 N–H and O–H groups in total. The van der Waals surface area contributed by atoms with Gasteiger partial charge in [0.15, 0.2) is 34.5 Å². The number of carbonyl (C=O) groups excluding carboxylic acids is 2. The Labute approximate surface area is 224 Å². The second kappa shape index (κ2) is 10.4. The topological polar surface area (TPSA) is 117 Å². The number of carbonyl (C=O) groups is 2. The molecular weight excluding hydrogens is 505 g/mol. The number of aromatic nitrogens is 4.